The minimum atomic E-state index is 0.524. The van der Waals surface area contributed by atoms with Gasteiger partial charge in [0.15, 0.2) is 5.76 Å². The van der Waals surface area contributed by atoms with Crippen LogP contribution >= 0.6 is 0 Å². The van der Waals surface area contributed by atoms with Crippen molar-refractivity contribution in [3.05, 3.63) is 18.4 Å². The molecule has 0 amide bonds. The molecule has 19 heavy (non-hydrogen) atoms. The molecule has 0 bridgehead atoms. The molecule has 7 heteroatoms. The lowest BCUT2D eigenvalue weighted by Gasteiger charge is -2.22. The highest BCUT2D eigenvalue weighted by molar-refractivity contribution is 5.43. The van der Waals surface area contributed by atoms with Crippen molar-refractivity contribution in [2.24, 2.45) is 0 Å². The largest absolute Gasteiger partial charge is 0.461 e. The van der Waals surface area contributed by atoms with Gasteiger partial charge < -0.3 is 14.5 Å². The Hall–Kier alpha value is -1.73. The summed E-state index contributed by atoms with van der Waals surface area (Å²) in [6.07, 6.45) is 3.74. The van der Waals surface area contributed by atoms with E-state index in [9.17, 15) is 0 Å². The van der Waals surface area contributed by atoms with Crippen LogP contribution in [0.2, 0.25) is 0 Å². The number of aromatic nitrogens is 4. The van der Waals surface area contributed by atoms with Crippen LogP contribution in [0.3, 0.4) is 0 Å². The number of tetrazole rings is 1. The molecule has 7 nitrogen and oxygen atoms in total. The van der Waals surface area contributed by atoms with Crippen LogP contribution in [-0.2, 0) is 11.3 Å². The first-order valence-electron chi connectivity index (χ1n) is 6.54. The third kappa shape index (κ3) is 3.18. The van der Waals surface area contributed by atoms with E-state index in [1.54, 1.807) is 11.1 Å². The second-order valence-corrected chi connectivity index (χ2v) is 4.53. The average molecular weight is 263 g/mol. The Balaban J connectivity index is 1.48. The van der Waals surface area contributed by atoms with E-state index in [4.69, 9.17) is 9.15 Å². The Morgan fingerprint density at radius 2 is 2.26 bits per heavy atom. The quantitative estimate of drug-likeness (QED) is 0.855. The zero-order chi connectivity index (χ0) is 12.9. The summed E-state index contributed by atoms with van der Waals surface area (Å²) in [5.41, 5.74) is 0. The number of hydrogen-bond acceptors (Lipinski definition) is 6. The molecule has 0 radical (unpaired) electrons. The lowest BCUT2D eigenvalue weighted by molar-refractivity contribution is 0.0777. The van der Waals surface area contributed by atoms with Gasteiger partial charge in [0.05, 0.1) is 12.8 Å². The van der Waals surface area contributed by atoms with E-state index in [1.807, 2.05) is 12.1 Å². The third-order valence-electron chi connectivity index (χ3n) is 3.16. The summed E-state index contributed by atoms with van der Waals surface area (Å²) in [6.45, 7) is 3.23. The highest BCUT2D eigenvalue weighted by atomic mass is 16.5. The van der Waals surface area contributed by atoms with Gasteiger partial charge in [0.25, 0.3) is 0 Å². The summed E-state index contributed by atoms with van der Waals surface area (Å²) in [6, 6.07) is 4.17. The Kier molecular flexibility index (Phi) is 3.85. The minimum absolute atomic E-state index is 0.524. The zero-order valence-corrected chi connectivity index (χ0v) is 10.7. The summed E-state index contributed by atoms with van der Waals surface area (Å²) in [5.74, 6) is 1.17. The van der Waals surface area contributed by atoms with Gasteiger partial charge in [0, 0.05) is 25.8 Å². The molecular weight excluding hydrogens is 246 g/mol. The van der Waals surface area contributed by atoms with Crippen molar-refractivity contribution in [3.8, 4) is 11.6 Å². The van der Waals surface area contributed by atoms with Gasteiger partial charge in [-0.3, -0.25) is 0 Å². The normalized spacial score (nSPS) is 16.8. The van der Waals surface area contributed by atoms with Crippen molar-refractivity contribution in [3.63, 3.8) is 0 Å². The average Bonchev–Trinajstić information content (AvgIpc) is 3.10. The van der Waals surface area contributed by atoms with Crippen LogP contribution in [0.25, 0.3) is 11.6 Å². The molecule has 3 rings (SSSR count). The maximum Gasteiger partial charge on any atom is 0.240 e. The number of ether oxygens (including phenoxy) is 1. The molecule has 0 aliphatic carbocycles. The highest BCUT2D eigenvalue weighted by Gasteiger charge is 2.13. The van der Waals surface area contributed by atoms with Gasteiger partial charge in [-0.2, -0.15) is 4.80 Å². The van der Waals surface area contributed by atoms with Crippen molar-refractivity contribution in [1.82, 2.24) is 25.5 Å². The fraction of sp³-hybridized carbons (Fsp3) is 0.583. The molecule has 0 saturated carbocycles. The third-order valence-corrected chi connectivity index (χ3v) is 3.16. The van der Waals surface area contributed by atoms with Gasteiger partial charge in [0.2, 0.25) is 5.82 Å². The lowest BCUT2D eigenvalue weighted by Crippen LogP contribution is -2.36. The van der Waals surface area contributed by atoms with Crippen LogP contribution in [0.4, 0.5) is 0 Å². The van der Waals surface area contributed by atoms with Crippen LogP contribution < -0.4 is 5.32 Å². The number of nitrogens with one attached hydrogen (secondary N) is 1. The Labute approximate surface area is 110 Å². The van der Waals surface area contributed by atoms with Crippen molar-refractivity contribution in [2.45, 2.75) is 25.4 Å². The van der Waals surface area contributed by atoms with Crippen LogP contribution in [-0.4, -0.2) is 46.0 Å². The smallest absolute Gasteiger partial charge is 0.240 e. The van der Waals surface area contributed by atoms with Crippen LogP contribution in [0.15, 0.2) is 22.8 Å². The van der Waals surface area contributed by atoms with Crippen LogP contribution in [0.5, 0.6) is 0 Å². The van der Waals surface area contributed by atoms with E-state index in [2.05, 4.69) is 20.7 Å². The highest BCUT2D eigenvalue weighted by Crippen LogP contribution is 2.12. The molecule has 0 unspecified atom stereocenters. The fourth-order valence-corrected chi connectivity index (χ4v) is 2.11. The lowest BCUT2D eigenvalue weighted by atomic mass is 10.1. The predicted molar refractivity (Wildman–Crippen MR) is 67.4 cm³/mol. The van der Waals surface area contributed by atoms with Crippen molar-refractivity contribution < 1.29 is 9.15 Å². The van der Waals surface area contributed by atoms with Gasteiger partial charge in [-0.1, -0.05) is 0 Å². The molecule has 3 heterocycles. The first-order chi connectivity index (χ1) is 9.42. The number of rotatable bonds is 5. The molecule has 102 valence electrons. The molecule has 1 saturated heterocycles. The molecule has 2 aromatic rings. The fourth-order valence-electron chi connectivity index (χ4n) is 2.11. The number of furan rings is 1. The molecule has 1 N–H and O–H groups in total. The van der Waals surface area contributed by atoms with E-state index in [1.165, 1.54) is 0 Å². The number of hydrogen-bond donors (Lipinski definition) is 1. The molecule has 2 aromatic heterocycles. The first-order valence-corrected chi connectivity index (χ1v) is 6.54. The van der Waals surface area contributed by atoms with E-state index in [0.29, 0.717) is 24.2 Å². The summed E-state index contributed by atoms with van der Waals surface area (Å²) >= 11 is 0. The van der Waals surface area contributed by atoms with Crippen molar-refractivity contribution in [2.75, 3.05) is 19.8 Å². The van der Waals surface area contributed by atoms with Gasteiger partial charge >= 0.3 is 0 Å². The second-order valence-electron chi connectivity index (χ2n) is 4.53. The molecular formula is C12H17N5O2. The summed E-state index contributed by atoms with van der Waals surface area (Å²) in [4.78, 5) is 1.59. The monoisotopic (exact) mass is 263 g/mol. The van der Waals surface area contributed by atoms with E-state index < -0.39 is 0 Å². The van der Waals surface area contributed by atoms with Gasteiger partial charge in [0.1, 0.15) is 0 Å². The minimum Gasteiger partial charge on any atom is -0.461 e. The van der Waals surface area contributed by atoms with Gasteiger partial charge in [-0.25, -0.2) is 0 Å². The Morgan fingerprint density at radius 3 is 3.05 bits per heavy atom. The molecule has 0 spiro atoms. The molecule has 0 atom stereocenters. The Morgan fingerprint density at radius 1 is 1.37 bits per heavy atom. The van der Waals surface area contributed by atoms with Crippen LogP contribution in [0.1, 0.15) is 12.8 Å². The predicted octanol–water partition coefficient (Wildman–Crippen LogP) is 0.702. The van der Waals surface area contributed by atoms with Crippen molar-refractivity contribution >= 4 is 0 Å². The van der Waals surface area contributed by atoms with Crippen molar-refractivity contribution in [1.29, 1.82) is 0 Å². The molecule has 0 aromatic carbocycles. The zero-order valence-electron chi connectivity index (χ0n) is 10.7. The summed E-state index contributed by atoms with van der Waals surface area (Å²) in [5, 5.41) is 15.7. The topological polar surface area (TPSA) is 78.0 Å². The molecule has 1 fully saturated rings. The molecule has 1 aliphatic heterocycles. The maximum absolute atomic E-state index is 5.32. The molecule has 1 aliphatic rings. The Bertz CT molecular complexity index is 490. The standard InChI is InChI=1S/C12H17N5O2/c1-2-11(19-7-1)12-14-16-17(15-12)6-5-13-10-3-8-18-9-4-10/h1-2,7,10,13H,3-6,8-9H2. The number of nitrogens with zero attached hydrogens (tertiary/aromatic N) is 4. The van der Waals surface area contributed by atoms with E-state index in [0.717, 1.165) is 32.6 Å². The van der Waals surface area contributed by atoms with Crippen LogP contribution in [0, 0.1) is 0 Å². The maximum atomic E-state index is 5.32. The SMILES string of the molecule is c1coc(-c2nnn(CCNC3CCOCC3)n2)c1. The second kappa shape index (κ2) is 5.94. The summed E-state index contributed by atoms with van der Waals surface area (Å²) in [7, 11) is 0. The van der Waals surface area contributed by atoms with E-state index >= 15 is 0 Å². The van der Waals surface area contributed by atoms with Gasteiger partial charge in [-0.15, -0.1) is 10.2 Å². The summed E-state index contributed by atoms with van der Waals surface area (Å²) < 4.78 is 10.5. The first kappa shape index (κ1) is 12.3. The van der Waals surface area contributed by atoms with E-state index in [-0.39, 0.29) is 0 Å². The van der Waals surface area contributed by atoms with Gasteiger partial charge in [-0.05, 0) is 30.2 Å².